The van der Waals surface area contributed by atoms with Gasteiger partial charge in [0.25, 0.3) is 0 Å². The highest BCUT2D eigenvalue weighted by molar-refractivity contribution is 5.96. The minimum atomic E-state index is -0.716. The van der Waals surface area contributed by atoms with Gasteiger partial charge in [-0.1, -0.05) is 19.1 Å². The average Bonchev–Trinajstić information content (AvgIpc) is 2.25. The Hall–Kier alpha value is -2.02. The van der Waals surface area contributed by atoms with Gasteiger partial charge < -0.3 is 10.5 Å². The van der Waals surface area contributed by atoms with Gasteiger partial charge in [-0.25, -0.2) is 4.79 Å². The van der Waals surface area contributed by atoms with Crippen LogP contribution in [0.2, 0.25) is 0 Å². The third-order valence-corrected chi connectivity index (χ3v) is 2.27. The number of anilines is 1. The van der Waals surface area contributed by atoms with E-state index in [0.29, 0.717) is 17.7 Å². The fourth-order valence-electron chi connectivity index (χ4n) is 1.36. The van der Waals surface area contributed by atoms with Crippen molar-refractivity contribution in [1.82, 2.24) is 0 Å². The topological polar surface area (TPSA) is 76.1 Å². The molecule has 4 heteroatoms. The number of nitrogens with two attached hydrogens (primary N) is 1. The number of nitriles is 1. The number of aryl methyl sites for hydroxylation is 1. The number of carbonyl (C=O) groups excluding carboxylic acids is 1. The molecule has 1 aromatic carbocycles. The highest BCUT2D eigenvalue weighted by Crippen LogP contribution is 2.18. The minimum Gasteiger partial charge on any atom is -0.443 e. The summed E-state index contributed by atoms with van der Waals surface area (Å²) >= 11 is 0. The van der Waals surface area contributed by atoms with E-state index in [1.54, 1.807) is 32.0 Å². The maximum absolute atomic E-state index is 11.8. The van der Waals surface area contributed by atoms with E-state index in [1.165, 1.54) is 0 Å². The number of rotatable bonds is 3. The summed E-state index contributed by atoms with van der Waals surface area (Å²) in [7, 11) is 0. The molecule has 0 radical (unpaired) electrons. The Morgan fingerprint density at radius 3 is 2.81 bits per heavy atom. The van der Waals surface area contributed by atoms with Gasteiger partial charge in [-0.15, -0.1) is 0 Å². The van der Waals surface area contributed by atoms with Crippen LogP contribution in [-0.4, -0.2) is 12.1 Å². The summed E-state index contributed by atoms with van der Waals surface area (Å²) in [5.74, 6) is -0.538. The van der Waals surface area contributed by atoms with E-state index >= 15 is 0 Å². The van der Waals surface area contributed by atoms with Gasteiger partial charge in [0.2, 0.25) is 0 Å². The van der Waals surface area contributed by atoms with Gasteiger partial charge in [0.05, 0.1) is 5.56 Å². The Labute approximate surface area is 94.6 Å². The van der Waals surface area contributed by atoms with Gasteiger partial charge in [-0.3, -0.25) is 0 Å². The van der Waals surface area contributed by atoms with Crippen LogP contribution in [0.25, 0.3) is 0 Å². The number of ether oxygens (including phenoxy) is 1. The van der Waals surface area contributed by atoms with Gasteiger partial charge >= 0.3 is 5.97 Å². The number of nitrogen functional groups attached to an aromatic ring is 1. The molecule has 0 aliphatic carbocycles. The second-order valence-electron chi connectivity index (χ2n) is 3.47. The third-order valence-electron chi connectivity index (χ3n) is 2.27. The third kappa shape index (κ3) is 2.51. The van der Waals surface area contributed by atoms with Crippen molar-refractivity contribution >= 4 is 11.7 Å². The molecule has 0 saturated carbocycles. The van der Waals surface area contributed by atoms with Crippen LogP contribution in [0.3, 0.4) is 0 Å². The van der Waals surface area contributed by atoms with Crippen LogP contribution in [0.4, 0.5) is 5.69 Å². The SMILES string of the molecule is CCC(C#N)OC(=O)c1c(C)cccc1N. The number of hydrogen-bond acceptors (Lipinski definition) is 4. The van der Waals surface area contributed by atoms with Gasteiger partial charge in [-0.2, -0.15) is 5.26 Å². The van der Waals surface area contributed by atoms with E-state index in [4.69, 9.17) is 15.7 Å². The predicted octanol–water partition coefficient (Wildman–Crippen LogP) is 2.04. The number of esters is 1. The maximum Gasteiger partial charge on any atom is 0.341 e. The first kappa shape index (κ1) is 12.1. The molecule has 1 unspecified atom stereocenters. The fourth-order valence-corrected chi connectivity index (χ4v) is 1.36. The largest absolute Gasteiger partial charge is 0.443 e. The Balaban J connectivity index is 2.94. The van der Waals surface area contributed by atoms with E-state index in [0.717, 1.165) is 5.56 Å². The molecular formula is C12H14N2O2. The maximum atomic E-state index is 11.8. The van der Waals surface area contributed by atoms with Crippen LogP contribution in [0.15, 0.2) is 18.2 Å². The summed E-state index contributed by atoms with van der Waals surface area (Å²) in [5.41, 5.74) is 7.16. The molecular weight excluding hydrogens is 204 g/mol. The molecule has 1 rings (SSSR count). The lowest BCUT2D eigenvalue weighted by Gasteiger charge is -2.11. The molecule has 0 amide bonds. The zero-order valence-electron chi connectivity index (χ0n) is 9.36. The number of hydrogen-bond donors (Lipinski definition) is 1. The monoisotopic (exact) mass is 218 g/mol. The number of nitrogens with zero attached hydrogens (tertiary/aromatic N) is 1. The summed E-state index contributed by atoms with van der Waals surface area (Å²) in [6, 6.07) is 7.09. The summed E-state index contributed by atoms with van der Waals surface area (Å²) in [5, 5.41) is 8.70. The molecule has 0 fully saturated rings. The van der Waals surface area contributed by atoms with Crippen LogP contribution in [0, 0.1) is 18.3 Å². The number of benzene rings is 1. The highest BCUT2D eigenvalue weighted by atomic mass is 16.5. The van der Waals surface area contributed by atoms with E-state index in [-0.39, 0.29) is 0 Å². The lowest BCUT2D eigenvalue weighted by molar-refractivity contribution is 0.0401. The van der Waals surface area contributed by atoms with Gasteiger partial charge in [0.15, 0.2) is 6.10 Å². The van der Waals surface area contributed by atoms with Crippen LogP contribution in [0.1, 0.15) is 29.3 Å². The molecule has 0 bridgehead atoms. The molecule has 0 aromatic heterocycles. The standard InChI is InChI=1S/C12H14N2O2/c1-3-9(7-13)16-12(15)11-8(2)5-4-6-10(11)14/h4-6,9H,3,14H2,1-2H3. The lowest BCUT2D eigenvalue weighted by atomic mass is 10.1. The smallest absolute Gasteiger partial charge is 0.341 e. The molecule has 4 nitrogen and oxygen atoms in total. The van der Waals surface area contributed by atoms with Crippen molar-refractivity contribution in [3.63, 3.8) is 0 Å². The molecule has 0 spiro atoms. The lowest BCUT2D eigenvalue weighted by Crippen LogP contribution is -2.17. The van der Waals surface area contributed by atoms with Crippen molar-refractivity contribution < 1.29 is 9.53 Å². The molecule has 1 aromatic rings. The minimum absolute atomic E-state index is 0.344. The normalized spacial score (nSPS) is 11.6. The van der Waals surface area contributed by atoms with E-state index in [1.807, 2.05) is 6.07 Å². The number of carbonyl (C=O) groups is 1. The van der Waals surface area contributed by atoms with Gasteiger partial charge in [0, 0.05) is 5.69 Å². The van der Waals surface area contributed by atoms with Crippen molar-refractivity contribution in [3.05, 3.63) is 29.3 Å². The average molecular weight is 218 g/mol. The first-order chi connectivity index (χ1) is 7.60. The Kier molecular flexibility index (Phi) is 3.90. The van der Waals surface area contributed by atoms with Crippen molar-refractivity contribution in [2.24, 2.45) is 0 Å². The molecule has 16 heavy (non-hydrogen) atoms. The quantitative estimate of drug-likeness (QED) is 0.622. The molecule has 0 aliphatic rings. The van der Waals surface area contributed by atoms with Crippen LogP contribution in [0.5, 0.6) is 0 Å². The van der Waals surface area contributed by atoms with Crippen molar-refractivity contribution in [2.45, 2.75) is 26.4 Å². The van der Waals surface area contributed by atoms with E-state index in [2.05, 4.69) is 0 Å². The van der Waals surface area contributed by atoms with Crippen molar-refractivity contribution in [3.8, 4) is 6.07 Å². The summed E-state index contributed by atoms with van der Waals surface area (Å²) < 4.78 is 5.02. The van der Waals surface area contributed by atoms with Gasteiger partial charge in [-0.05, 0) is 25.0 Å². The molecule has 0 saturated heterocycles. The molecule has 0 heterocycles. The van der Waals surface area contributed by atoms with Crippen LogP contribution >= 0.6 is 0 Å². The predicted molar refractivity (Wildman–Crippen MR) is 60.7 cm³/mol. The molecule has 84 valence electrons. The zero-order chi connectivity index (χ0) is 12.1. The Morgan fingerprint density at radius 1 is 1.62 bits per heavy atom. The molecule has 1 atom stereocenters. The summed E-state index contributed by atoms with van der Waals surface area (Å²) in [6.45, 7) is 3.56. The second-order valence-corrected chi connectivity index (χ2v) is 3.47. The zero-order valence-corrected chi connectivity index (χ0v) is 9.36. The first-order valence-electron chi connectivity index (χ1n) is 5.05. The summed E-state index contributed by atoms with van der Waals surface area (Å²) in [6.07, 6.45) is -0.250. The van der Waals surface area contributed by atoms with Gasteiger partial charge in [0.1, 0.15) is 6.07 Å². The van der Waals surface area contributed by atoms with Crippen LogP contribution < -0.4 is 5.73 Å². The van der Waals surface area contributed by atoms with Crippen molar-refractivity contribution in [1.29, 1.82) is 5.26 Å². The van der Waals surface area contributed by atoms with E-state index in [9.17, 15) is 4.79 Å². The highest BCUT2D eigenvalue weighted by Gasteiger charge is 2.17. The second kappa shape index (κ2) is 5.17. The summed E-state index contributed by atoms with van der Waals surface area (Å²) in [4.78, 5) is 11.8. The van der Waals surface area contributed by atoms with Crippen LogP contribution in [-0.2, 0) is 4.74 Å². The fraction of sp³-hybridized carbons (Fsp3) is 0.333. The Morgan fingerprint density at radius 2 is 2.31 bits per heavy atom. The molecule has 2 N–H and O–H groups in total. The van der Waals surface area contributed by atoms with E-state index < -0.39 is 12.1 Å². The first-order valence-corrected chi connectivity index (χ1v) is 5.05. The Bertz CT molecular complexity index is 415. The van der Waals surface area contributed by atoms with Crippen molar-refractivity contribution in [2.75, 3.05) is 5.73 Å². The molecule has 0 aliphatic heterocycles.